The topological polar surface area (TPSA) is 22.1 Å². The second kappa shape index (κ2) is 4.13. The summed E-state index contributed by atoms with van der Waals surface area (Å²) in [6, 6.07) is 4.68. The first-order valence-electron chi connectivity index (χ1n) is 4.23. The van der Waals surface area contributed by atoms with Gasteiger partial charge in [-0.15, -0.1) is 0 Å². The highest BCUT2D eigenvalue weighted by Gasteiger charge is 2.30. The second-order valence-electron chi connectivity index (χ2n) is 2.90. The Morgan fingerprint density at radius 2 is 2.12 bits per heavy atom. The smallest absolute Gasteiger partial charge is 0.416 e. The third-order valence-electron chi connectivity index (χ3n) is 1.75. The largest absolute Gasteiger partial charge is 0.445 e. The van der Waals surface area contributed by atoms with Gasteiger partial charge in [0, 0.05) is 0 Å². The predicted octanol–water partition coefficient (Wildman–Crippen LogP) is 3.75. The van der Waals surface area contributed by atoms with Crippen molar-refractivity contribution in [3.05, 3.63) is 41.5 Å². The number of hydrogen-bond acceptors (Lipinski definition) is 3. The van der Waals surface area contributed by atoms with Crippen molar-refractivity contribution in [2.24, 2.45) is 0 Å². The molecule has 1 aromatic carbocycles. The lowest BCUT2D eigenvalue weighted by Gasteiger charge is -2.08. The van der Waals surface area contributed by atoms with Gasteiger partial charge >= 0.3 is 6.18 Å². The molecule has 83 valence electrons. The van der Waals surface area contributed by atoms with E-state index >= 15 is 0 Å². The SMILES string of the molecule is FC(F)(F)c1cccc(Oc2cn[c]s2)c1. The average Bonchev–Trinajstić information content (AvgIpc) is 2.70. The number of benzene rings is 1. The summed E-state index contributed by atoms with van der Waals surface area (Å²) in [6.45, 7) is 0. The highest BCUT2D eigenvalue weighted by molar-refractivity contribution is 7.11. The molecule has 0 aliphatic rings. The summed E-state index contributed by atoms with van der Waals surface area (Å²) in [4.78, 5) is 3.64. The maximum atomic E-state index is 12.4. The van der Waals surface area contributed by atoms with E-state index in [-0.39, 0.29) is 5.75 Å². The van der Waals surface area contributed by atoms with Crippen LogP contribution in [0.1, 0.15) is 5.56 Å². The Kier molecular flexibility index (Phi) is 2.82. The third kappa shape index (κ3) is 2.52. The number of nitrogens with zero attached hydrogens (tertiary/aromatic N) is 1. The van der Waals surface area contributed by atoms with Gasteiger partial charge in [-0.3, -0.25) is 0 Å². The van der Waals surface area contributed by atoms with Crippen molar-refractivity contribution in [3.63, 3.8) is 0 Å². The van der Waals surface area contributed by atoms with Gasteiger partial charge in [-0.05, 0) is 18.2 Å². The number of aromatic nitrogens is 1. The molecule has 6 heteroatoms. The highest BCUT2D eigenvalue weighted by atomic mass is 32.1. The van der Waals surface area contributed by atoms with Gasteiger partial charge in [-0.25, -0.2) is 4.98 Å². The molecule has 16 heavy (non-hydrogen) atoms. The van der Waals surface area contributed by atoms with Crippen LogP contribution in [0.2, 0.25) is 0 Å². The molecule has 1 heterocycles. The summed E-state index contributed by atoms with van der Waals surface area (Å²) in [5, 5.41) is 0.402. The van der Waals surface area contributed by atoms with Crippen LogP contribution in [0.4, 0.5) is 13.2 Å². The molecule has 0 saturated heterocycles. The Morgan fingerprint density at radius 1 is 1.31 bits per heavy atom. The summed E-state index contributed by atoms with van der Waals surface area (Å²) < 4.78 is 42.3. The molecule has 1 radical (unpaired) electrons. The fraction of sp³-hybridized carbons (Fsp3) is 0.100. The molecular formula is C10H5F3NOS. The third-order valence-corrected chi connectivity index (χ3v) is 2.34. The monoisotopic (exact) mass is 244 g/mol. The van der Waals surface area contributed by atoms with Crippen molar-refractivity contribution in [2.75, 3.05) is 0 Å². The Balaban J connectivity index is 2.23. The lowest BCUT2D eigenvalue weighted by Crippen LogP contribution is -2.04. The van der Waals surface area contributed by atoms with Gasteiger partial charge in [0.15, 0.2) is 5.51 Å². The zero-order valence-electron chi connectivity index (χ0n) is 7.78. The summed E-state index contributed by atoms with van der Waals surface area (Å²) in [6.07, 6.45) is -2.97. The lowest BCUT2D eigenvalue weighted by atomic mass is 10.2. The van der Waals surface area contributed by atoms with Crippen molar-refractivity contribution in [1.82, 2.24) is 4.98 Å². The Hall–Kier alpha value is -1.56. The minimum absolute atomic E-state index is 0.132. The lowest BCUT2D eigenvalue weighted by molar-refractivity contribution is -0.137. The number of ether oxygens (including phenoxy) is 1. The van der Waals surface area contributed by atoms with Gasteiger partial charge in [0.05, 0.1) is 11.8 Å². The first-order chi connectivity index (χ1) is 7.55. The van der Waals surface area contributed by atoms with Crippen LogP contribution in [0.3, 0.4) is 0 Å². The number of hydrogen-bond donors (Lipinski definition) is 0. The average molecular weight is 244 g/mol. The minimum Gasteiger partial charge on any atom is -0.445 e. The molecule has 0 aliphatic carbocycles. The first kappa shape index (κ1) is 10.9. The van der Waals surface area contributed by atoms with E-state index in [9.17, 15) is 13.2 Å². The van der Waals surface area contributed by atoms with E-state index in [4.69, 9.17) is 4.74 Å². The molecule has 0 aliphatic heterocycles. The molecule has 0 atom stereocenters. The summed E-state index contributed by atoms with van der Waals surface area (Å²) in [5.41, 5.74) is 1.80. The van der Waals surface area contributed by atoms with E-state index in [1.807, 2.05) is 0 Å². The van der Waals surface area contributed by atoms with Crippen LogP contribution in [0.5, 0.6) is 10.8 Å². The molecule has 0 saturated carbocycles. The Morgan fingerprint density at radius 3 is 2.75 bits per heavy atom. The van der Waals surface area contributed by atoms with E-state index < -0.39 is 11.7 Å². The van der Waals surface area contributed by atoms with E-state index in [2.05, 4.69) is 10.5 Å². The molecule has 0 spiro atoms. The molecule has 2 aromatic rings. The summed E-state index contributed by atoms with van der Waals surface area (Å²) >= 11 is 1.09. The summed E-state index contributed by atoms with van der Waals surface area (Å²) in [5.74, 6) is 0.132. The molecular weight excluding hydrogens is 239 g/mol. The Labute approximate surface area is 93.3 Å². The number of rotatable bonds is 2. The molecule has 0 fully saturated rings. The van der Waals surface area contributed by atoms with Crippen LogP contribution in [-0.4, -0.2) is 4.98 Å². The fourth-order valence-electron chi connectivity index (χ4n) is 1.08. The van der Waals surface area contributed by atoms with Crippen LogP contribution in [0, 0.1) is 5.51 Å². The molecule has 0 bridgehead atoms. The minimum atomic E-state index is -4.36. The predicted molar refractivity (Wildman–Crippen MR) is 52.5 cm³/mol. The fourth-order valence-corrected chi connectivity index (χ4v) is 1.51. The van der Waals surface area contributed by atoms with Crippen LogP contribution in [0.25, 0.3) is 0 Å². The van der Waals surface area contributed by atoms with Gasteiger partial charge in [-0.1, -0.05) is 17.4 Å². The molecule has 0 amide bonds. The normalized spacial score (nSPS) is 11.4. The molecule has 0 unspecified atom stereocenters. The van der Waals surface area contributed by atoms with E-state index in [0.29, 0.717) is 5.06 Å². The van der Waals surface area contributed by atoms with Crippen molar-refractivity contribution < 1.29 is 17.9 Å². The Bertz CT molecular complexity index is 467. The van der Waals surface area contributed by atoms with Crippen LogP contribution in [-0.2, 0) is 6.18 Å². The maximum Gasteiger partial charge on any atom is 0.416 e. The summed E-state index contributed by atoms with van der Waals surface area (Å²) in [7, 11) is 0. The van der Waals surface area contributed by atoms with Crippen molar-refractivity contribution in [3.8, 4) is 10.8 Å². The molecule has 1 aromatic heterocycles. The van der Waals surface area contributed by atoms with E-state index in [0.717, 1.165) is 23.5 Å². The van der Waals surface area contributed by atoms with Crippen LogP contribution < -0.4 is 4.74 Å². The first-order valence-corrected chi connectivity index (χ1v) is 5.04. The van der Waals surface area contributed by atoms with Gasteiger partial charge in [0.2, 0.25) is 5.06 Å². The zero-order valence-corrected chi connectivity index (χ0v) is 8.60. The zero-order chi connectivity index (χ0) is 11.6. The van der Waals surface area contributed by atoms with Crippen molar-refractivity contribution in [2.45, 2.75) is 6.18 Å². The highest BCUT2D eigenvalue weighted by Crippen LogP contribution is 2.33. The van der Waals surface area contributed by atoms with E-state index in [1.165, 1.54) is 18.3 Å². The van der Waals surface area contributed by atoms with Crippen LogP contribution >= 0.6 is 11.3 Å². The van der Waals surface area contributed by atoms with Gasteiger partial charge in [-0.2, -0.15) is 13.2 Å². The molecule has 0 N–H and O–H groups in total. The maximum absolute atomic E-state index is 12.4. The molecule has 2 nitrogen and oxygen atoms in total. The number of thiazole rings is 1. The van der Waals surface area contributed by atoms with Gasteiger partial charge < -0.3 is 4.74 Å². The van der Waals surface area contributed by atoms with Crippen molar-refractivity contribution in [1.29, 1.82) is 0 Å². The van der Waals surface area contributed by atoms with Gasteiger partial charge in [0.1, 0.15) is 5.75 Å². The number of alkyl halides is 3. The van der Waals surface area contributed by atoms with Gasteiger partial charge in [0.25, 0.3) is 0 Å². The number of halogens is 3. The van der Waals surface area contributed by atoms with Crippen LogP contribution in [0.15, 0.2) is 30.5 Å². The van der Waals surface area contributed by atoms with E-state index in [1.54, 1.807) is 0 Å². The quantitative estimate of drug-likeness (QED) is 0.802. The van der Waals surface area contributed by atoms with Crippen molar-refractivity contribution >= 4 is 11.3 Å². The standard InChI is InChI=1S/C10H5F3NOS/c11-10(12,13)7-2-1-3-8(4-7)15-9-5-14-6-16-9/h1-5H. The second-order valence-corrected chi connectivity index (χ2v) is 3.69. The molecule has 2 rings (SSSR count).